The number of fused-ring (bicyclic) bond motifs is 1. The summed E-state index contributed by atoms with van der Waals surface area (Å²) in [5, 5.41) is 23.8. The number of anilines is 4. The molecule has 4 aromatic carbocycles. The largest absolute Gasteiger partial charge is 0.505 e. The molecule has 0 spiro atoms. The summed E-state index contributed by atoms with van der Waals surface area (Å²) in [5.74, 6) is -1.27. The van der Waals surface area contributed by atoms with Crippen LogP contribution in [0, 0.1) is 6.92 Å². The Kier molecular flexibility index (Phi) is 9.00. The van der Waals surface area contributed by atoms with E-state index >= 15 is 0 Å². The molecule has 0 bridgehead atoms. The number of aryl methyl sites for hydroxylation is 1. The second kappa shape index (κ2) is 12.6. The number of benzene rings is 4. The topological polar surface area (TPSA) is 254 Å². The summed E-state index contributed by atoms with van der Waals surface area (Å²) in [7, 11) is -9.97. The molecular weight excluding hydrogens is 686 g/mol. The number of nitrogens with zero attached hydrogens (tertiary/aromatic N) is 5. The van der Waals surface area contributed by atoms with Crippen LogP contribution in [0.4, 0.5) is 34.6 Å². The molecule has 0 aliphatic heterocycles. The van der Waals surface area contributed by atoms with E-state index < -0.39 is 52.5 Å². The van der Waals surface area contributed by atoms with E-state index in [4.69, 9.17) is 11.6 Å². The number of aromatic hydroxyl groups is 1. The Morgan fingerprint density at radius 1 is 0.826 bits per heavy atom. The highest BCUT2D eigenvalue weighted by molar-refractivity contribution is 7.86. The normalized spacial score (nSPS) is 12.8. The second-order valence-electron chi connectivity index (χ2n) is 9.40. The van der Waals surface area contributed by atoms with Crippen LogP contribution in [0.25, 0.3) is 10.8 Å². The van der Waals surface area contributed by atoms with Crippen LogP contribution in [0.5, 0.6) is 5.75 Å². The highest BCUT2D eigenvalue weighted by atomic mass is 35.5. The first-order chi connectivity index (χ1) is 21.6. The smallest absolute Gasteiger partial charge is 0.296 e. The minimum Gasteiger partial charge on any atom is -0.505 e. The summed E-state index contributed by atoms with van der Waals surface area (Å²) in [6.45, 7) is 1.83. The average molecular weight is 706 g/mol. The second-order valence-corrected chi connectivity index (χ2v) is 13.5. The number of nitrogens with one attached hydrogen (secondary N) is 2. The van der Waals surface area contributed by atoms with Gasteiger partial charge in [0.05, 0.1) is 21.2 Å². The molecule has 1 unspecified atom stereocenters. The molecule has 0 radical (unpaired) electrons. The van der Waals surface area contributed by atoms with Gasteiger partial charge in [-0.2, -0.15) is 36.9 Å². The van der Waals surface area contributed by atoms with Crippen LogP contribution >= 0.6 is 11.6 Å². The van der Waals surface area contributed by atoms with Crippen molar-refractivity contribution in [3.05, 3.63) is 77.6 Å². The van der Waals surface area contributed by atoms with Gasteiger partial charge in [0.2, 0.25) is 17.2 Å². The number of phenolic OH excluding ortho intramolecular Hbond substituents is 1. The lowest BCUT2D eigenvalue weighted by atomic mass is 10.1. The maximum absolute atomic E-state index is 12.3. The number of rotatable bonds is 9. The number of phenols is 1. The fourth-order valence-corrected chi connectivity index (χ4v) is 5.82. The number of aromatic nitrogens is 3. The average Bonchev–Trinajstić information content (AvgIpc) is 2.96. The van der Waals surface area contributed by atoms with Gasteiger partial charge < -0.3 is 20.3 Å². The Bertz CT molecular complexity index is 2270. The first-order valence-corrected chi connectivity index (χ1v) is 16.9. The molecular formula is C26H20ClN7O9S3. The van der Waals surface area contributed by atoms with Gasteiger partial charge >= 0.3 is 0 Å². The lowest BCUT2D eigenvalue weighted by Crippen LogP contribution is -2.06. The number of hydrogen-bond acceptors (Lipinski definition) is 13. The Labute approximate surface area is 268 Å². The predicted octanol–water partition coefficient (Wildman–Crippen LogP) is 5.67. The standard InChI is InChI=1S/C26H20ClN7O9S3/c1-13-2-4-16(5-3-13)33-34-22-20(46(41,42)43)11-14-10-18(45(38,39)40)12-19(21(14)23(22)35)29-26-31-24(27)30-25(32-26)28-15-6-8-17(9-7-15)44(36)37/h2-12,35H,1H3,(H,36,37)(H,38,39,40)(H,41,42,43)(H2,28,29,30,31,32). The van der Waals surface area contributed by atoms with Crippen molar-refractivity contribution >= 4 is 88.3 Å². The SMILES string of the molecule is Cc1ccc(N=Nc2c(S(=O)(=O)O)cc3cc(S(=O)(=O)O)cc(Nc4nc(Cl)nc(Nc5ccc(S(=O)O)cc5)n4)c3c2O)cc1. The van der Waals surface area contributed by atoms with Crippen LogP contribution in [0.3, 0.4) is 0 Å². The van der Waals surface area contributed by atoms with Crippen molar-refractivity contribution < 1.29 is 39.8 Å². The zero-order chi connectivity index (χ0) is 33.4. The van der Waals surface area contributed by atoms with E-state index in [2.05, 4.69) is 35.8 Å². The van der Waals surface area contributed by atoms with E-state index in [9.17, 15) is 39.8 Å². The van der Waals surface area contributed by atoms with Crippen molar-refractivity contribution in [3.8, 4) is 5.75 Å². The molecule has 1 atom stereocenters. The fraction of sp³-hybridized carbons (Fsp3) is 0.0385. The molecule has 0 saturated heterocycles. The quantitative estimate of drug-likeness (QED) is 0.0614. The van der Waals surface area contributed by atoms with E-state index in [0.717, 1.165) is 23.8 Å². The van der Waals surface area contributed by atoms with Crippen LogP contribution in [0.15, 0.2) is 91.6 Å². The molecule has 16 nitrogen and oxygen atoms in total. The number of halogens is 1. The van der Waals surface area contributed by atoms with Crippen molar-refractivity contribution in [3.63, 3.8) is 0 Å². The molecule has 20 heteroatoms. The van der Waals surface area contributed by atoms with Crippen LogP contribution in [0.2, 0.25) is 5.28 Å². The van der Waals surface area contributed by atoms with Gasteiger partial charge in [-0.25, -0.2) is 4.21 Å². The molecule has 5 aromatic rings. The van der Waals surface area contributed by atoms with Gasteiger partial charge in [0.25, 0.3) is 20.2 Å². The van der Waals surface area contributed by atoms with Crippen LogP contribution in [-0.2, 0) is 31.3 Å². The zero-order valence-electron chi connectivity index (χ0n) is 23.0. The van der Waals surface area contributed by atoms with Crippen molar-refractivity contribution in [1.82, 2.24) is 15.0 Å². The summed E-state index contributed by atoms with van der Waals surface area (Å²) in [6, 6.07) is 14.9. The Morgan fingerprint density at radius 2 is 1.46 bits per heavy atom. The predicted molar refractivity (Wildman–Crippen MR) is 167 cm³/mol. The monoisotopic (exact) mass is 705 g/mol. The maximum atomic E-state index is 12.3. The Morgan fingerprint density at radius 3 is 2.04 bits per heavy atom. The molecule has 0 amide bonds. The van der Waals surface area contributed by atoms with Crippen molar-refractivity contribution in [2.24, 2.45) is 10.2 Å². The molecule has 46 heavy (non-hydrogen) atoms. The molecule has 0 aliphatic rings. The molecule has 0 aliphatic carbocycles. The van der Waals surface area contributed by atoms with Crippen molar-refractivity contribution in [2.45, 2.75) is 21.6 Å². The van der Waals surface area contributed by atoms with Crippen LogP contribution in [0.1, 0.15) is 5.56 Å². The van der Waals surface area contributed by atoms with Gasteiger partial charge in [-0.3, -0.25) is 9.11 Å². The summed E-state index contributed by atoms with van der Waals surface area (Å²) < 4.78 is 89.1. The van der Waals surface area contributed by atoms with Crippen LogP contribution in [-0.4, -0.2) is 54.8 Å². The first kappa shape index (κ1) is 32.8. The van der Waals surface area contributed by atoms with Gasteiger partial charge in [-0.05, 0) is 78.5 Å². The van der Waals surface area contributed by atoms with E-state index in [1.54, 1.807) is 24.3 Å². The third kappa shape index (κ3) is 7.42. The lowest BCUT2D eigenvalue weighted by Gasteiger charge is -2.15. The van der Waals surface area contributed by atoms with E-state index in [-0.39, 0.29) is 44.2 Å². The fourth-order valence-electron chi connectivity index (χ4n) is 4.09. The molecule has 1 aromatic heterocycles. The molecule has 0 fully saturated rings. The minimum absolute atomic E-state index is 0.124. The van der Waals surface area contributed by atoms with E-state index in [0.29, 0.717) is 5.69 Å². The maximum Gasteiger partial charge on any atom is 0.296 e. The first-order valence-electron chi connectivity index (χ1n) is 12.5. The Balaban J connectivity index is 1.66. The van der Waals surface area contributed by atoms with Gasteiger partial charge in [0, 0.05) is 11.1 Å². The van der Waals surface area contributed by atoms with Crippen molar-refractivity contribution in [2.75, 3.05) is 10.6 Å². The number of hydrogen-bond donors (Lipinski definition) is 6. The van der Waals surface area contributed by atoms with E-state index in [1.165, 1.54) is 24.3 Å². The highest BCUT2D eigenvalue weighted by Gasteiger charge is 2.26. The third-order valence-electron chi connectivity index (χ3n) is 6.17. The highest BCUT2D eigenvalue weighted by Crippen LogP contribution is 2.45. The summed E-state index contributed by atoms with van der Waals surface area (Å²) in [4.78, 5) is 10.6. The minimum atomic E-state index is -5.06. The molecule has 5 rings (SSSR count). The molecule has 6 N–H and O–H groups in total. The third-order valence-corrected chi connectivity index (χ3v) is 8.71. The van der Waals surface area contributed by atoms with E-state index in [1.807, 2.05) is 6.92 Å². The molecule has 1 heterocycles. The van der Waals surface area contributed by atoms with Gasteiger partial charge in [-0.1, -0.05) is 17.7 Å². The summed E-state index contributed by atoms with van der Waals surface area (Å²) >= 11 is 3.89. The molecule has 0 saturated carbocycles. The van der Waals surface area contributed by atoms with Gasteiger partial charge in [-0.15, -0.1) is 5.11 Å². The summed E-state index contributed by atoms with van der Waals surface area (Å²) in [6.07, 6.45) is 0. The number of azo groups is 1. The zero-order valence-corrected chi connectivity index (χ0v) is 26.2. The van der Waals surface area contributed by atoms with Gasteiger partial charge in [0.1, 0.15) is 10.6 Å². The molecule has 238 valence electrons. The van der Waals surface area contributed by atoms with Gasteiger partial charge in [0.15, 0.2) is 16.8 Å². The Hall–Kier alpha value is -4.63. The lowest BCUT2D eigenvalue weighted by molar-refractivity contribution is 0.472. The van der Waals surface area contributed by atoms with Crippen molar-refractivity contribution in [1.29, 1.82) is 0 Å². The summed E-state index contributed by atoms with van der Waals surface area (Å²) in [5.41, 5.74) is 0.636. The van der Waals surface area contributed by atoms with Crippen LogP contribution < -0.4 is 10.6 Å².